The Kier molecular flexibility index (Phi) is 3.81. The van der Waals surface area contributed by atoms with Gasteiger partial charge in [0.15, 0.2) is 0 Å². The second kappa shape index (κ2) is 5.08. The molecule has 104 valence electrons. The molecule has 1 aliphatic carbocycles. The van der Waals surface area contributed by atoms with Crippen LogP contribution in [-0.4, -0.2) is 16.0 Å². The van der Waals surface area contributed by atoms with Crippen LogP contribution in [0.15, 0.2) is 6.07 Å². The van der Waals surface area contributed by atoms with Gasteiger partial charge >= 0.3 is 0 Å². The molecule has 0 amide bonds. The molecular weight excluding hydrogens is 254 g/mol. The lowest BCUT2D eigenvalue weighted by atomic mass is 9.88. The molecule has 3 N–H and O–H groups in total. The van der Waals surface area contributed by atoms with E-state index < -0.39 is 0 Å². The van der Waals surface area contributed by atoms with Crippen molar-refractivity contribution < 1.29 is 0 Å². The number of aromatic nitrogens is 1. The maximum Gasteiger partial charge on any atom is 0.136 e. The van der Waals surface area contributed by atoms with Crippen LogP contribution in [0, 0.1) is 5.41 Å². The predicted octanol–water partition coefficient (Wildman–Crippen LogP) is 3.05. The fourth-order valence-electron chi connectivity index (χ4n) is 2.19. The molecule has 4 heteroatoms. The van der Waals surface area contributed by atoms with Crippen molar-refractivity contribution in [2.75, 3.05) is 5.32 Å². The van der Waals surface area contributed by atoms with Gasteiger partial charge in [-0.2, -0.15) is 0 Å². The molecule has 0 aromatic carbocycles. The first-order chi connectivity index (χ1) is 8.79. The highest BCUT2D eigenvalue weighted by Gasteiger charge is 2.23. The van der Waals surface area contributed by atoms with Crippen LogP contribution in [0.4, 0.5) is 5.82 Å². The van der Waals surface area contributed by atoms with Crippen LogP contribution in [0.5, 0.6) is 0 Å². The summed E-state index contributed by atoms with van der Waals surface area (Å²) in [6.07, 6.45) is 3.33. The Morgan fingerprint density at radius 2 is 2.11 bits per heavy atom. The molecule has 0 radical (unpaired) electrons. The number of nitrogens with one attached hydrogen (secondary N) is 1. The van der Waals surface area contributed by atoms with E-state index in [0.717, 1.165) is 24.2 Å². The number of anilines is 1. The Morgan fingerprint density at radius 3 is 2.68 bits per heavy atom. The molecule has 1 aromatic rings. The molecule has 0 saturated carbocycles. The molecule has 1 heterocycles. The van der Waals surface area contributed by atoms with E-state index >= 15 is 0 Å². The lowest BCUT2D eigenvalue weighted by Gasteiger charge is -2.29. The first kappa shape index (κ1) is 14.3. The van der Waals surface area contributed by atoms with Gasteiger partial charge in [-0.1, -0.05) is 33.0 Å². The van der Waals surface area contributed by atoms with Crippen molar-refractivity contribution in [2.24, 2.45) is 11.1 Å². The molecule has 1 aromatic heterocycles. The number of fused-ring (bicyclic) bond motifs is 1. The Balaban J connectivity index is 2.36. The average molecular weight is 277 g/mol. The summed E-state index contributed by atoms with van der Waals surface area (Å²) in [5.41, 5.74) is 9.39. The van der Waals surface area contributed by atoms with E-state index in [1.807, 2.05) is 0 Å². The van der Waals surface area contributed by atoms with Crippen LogP contribution in [-0.2, 0) is 12.8 Å². The Hall–Kier alpha value is -1.16. The van der Waals surface area contributed by atoms with Gasteiger partial charge < -0.3 is 11.1 Å². The van der Waals surface area contributed by atoms with Gasteiger partial charge in [0.2, 0.25) is 0 Å². The van der Waals surface area contributed by atoms with Crippen molar-refractivity contribution >= 4 is 23.0 Å². The highest BCUT2D eigenvalue weighted by Crippen LogP contribution is 2.28. The third kappa shape index (κ3) is 3.06. The summed E-state index contributed by atoms with van der Waals surface area (Å²) < 4.78 is 0. The summed E-state index contributed by atoms with van der Waals surface area (Å²) in [7, 11) is 0. The van der Waals surface area contributed by atoms with Gasteiger partial charge in [0.1, 0.15) is 10.8 Å². The van der Waals surface area contributed by atoms with Crippen LogP contribution in [0.25, 0.3) is 0 Å². The zero-order chi connectivity index (χ0) is 14.2. The third-order valence-corrected chi connectivity index (χ3v) is 4.19. The Bertz CT molecular complexity index is 503. The maximum absolute atomic E-state index is 5.84. The summed E-state index contributed by atoms with van der Waals surface area (Å²) in [6, 6.07) is 2.42. The molecule has 0 fully saturated rings. The second-order valence-corrected chi connectivity index (χ2v) is 6.88. The summed E-state index contributed by atoms with van der Waals surface area (Å²) in [4.78, 5) is 5.17. The maximum atomic E-state index is 5.84. The fraction of sp³-hybridized carbons (Fsp3) is 0.600. The van der Waals surface area contributed by atoms with E-state index in [9.17, 15) is 0 Å². The van der Waals surface area contributed by atoms with Crippen LogP contribution in [0.3, 0.4) is 0 Å². The number of nitrogens with zero attached hydrogens (tertiary/aromatic N) is 1. The van der Waals surface area contributed by atoms with Crippen molar-refractivity contribution in [3.05, 3.63) is 22.9 Å². The lowest BCUT2D eigenvalue weighted by Crippen LogP contribution is -2.32. The number of aryl methyl sites for hydroxylation is 2. The largest absolute Gasteiger partial charge is 0.389 e. The summed E-state index contributed by atoms with van der Waals surface area (Å²) in [5.74, 6) is 0.843. The van der Waals surface area contributed by atoms with Crippen LogP contribution in [0.2, 0.25) is 0 Å². The van der Waals surface area contributed by atoms with E-state index in [0.29, 0.717) is 11.0 Å². The Labute approximate surface area is 121 Å². The van der Waals surface area contributed by atoms with Crippen molar-refractivity contribution in [1.29, 1.82) is 0 Å². The average Bonchev–Trinajstić information content (AvgIpc) is 2.73. The van der Waals surface area contributed by atoms with Gasteiger partial charge in [-0.15, -0.1) is 0 Å². The van der Waals surface area contributed by atoms with Crippen LogP contribution < -0.4 is 11.1 Å². The van der Waals surface area contributed by atoms with Gasteiger partial charge in [-0.05, 0) is 43.2 Å². The van der Waals surface area contributed by atoms with E-state index in [4.69, 9.17) is 22.9 Å². The number of thiocarbonyl (C=S) groups is 1. The first-order valence-corrected chi connectivity index (χ1v) is 7.29. The summed E-state index contributed by atoms with van der Waals surface area (Å²) >= 11 is 5.16. The van der Waals surface area contributed by atoms with Gasteiger partial charge in [-0.3, -0.25) is 0 Å². The van der Waals surface area contributed by atoms with Gasteiger partial charge in [0.05, 0.1) is 5.56 Å². The molecule has 0 bridgehead atoms. The molecule has 1 atom stereocenters. The van der Waals surface area contributed by atoms with E-state index in [2.05, 4.69) is 39.1 Å². The SMILES string of the molecule is CC(Nc1nc2c(cc1C(N)=S)CCC2)C(C)(C)C. The van der Waals surface area contributed by atoms with Gasteiger partial charge in [-0.25, -0.2) is 4.98 Å². The zero-order valence-corrected chi connectivity index (χ0v) is 13.0. The molecule has 0 aliphatic heterocycles. The zero-order valence-electron chi connectivity index (χ0n) is 12.2. The third-order valence-electron chi connectivity index (χ3n) is 3.97. The van der Waals surface area contributed by atoms with Crippen molar-refractivity contribution in [3.63, 3.8) is 0 Å². The topological polar surface area (TPSA) is 50.9 Å². The second-order valence-electron chi connectivity index (χ2n) is 6.44. The van der Waals surface area contributed by atoms with Crippen molar-refractivity contribution in [1.82, 2.24) is 4.98 Å². The molecule has 1 aliphatic rings. The minimum atomic E-state index is 0.161. The van der Waals surface area contributed by atoms with E-state index in [1.165, 1.54) is 17.7 Å². The highest BCUT2D eigenvalue weighted by molar-refractivity contribution is 7.80. The number of hydrogen-bond acceptors (Lipinski definition) is 3. The van der Waals surface area contributed by atoms with E-state index in [1.54, 1.807) is 0 Å². The van der Waals surface area contributed by atoms with Crippen LogP contribution in [0.1, 0.15) is 50.9 Å². The monoisotopic (exact) mass is 277 g/mol. The minimum Gasteiger partial charge on any atom is -0.389 e. The molecule has 3 nitrogen and oxygen atoms in total. The van der Waals surface area contributed by atoms with Crippen LogP contribution >= 0.6 is 12.2 Å². The Morgan fingerprint density at radius 1 is 1.42 bits per heavy atom. The fourth-order valence-corrected chi connectivity index (χ4v) is 2.35. The minimum absolute atomic E-state index is 0.161. The lowest BCUT2D eigenvalue weighted by molar-refractivity contribution is 0.358. The molecule has 19 heavy (non-hydrogen) atoms. The molecule has 1 unspecified atom stereocenters. The normalized spacial score (nSPS) is 16.0. The van der Waals surface area contributed by atoms with Gasteiger partial charge in [0, 0.05) is 11.7 Å². The summed E-state index contributed by atoms with van der Waals surface area (Å²) in [5, 5.41) is 3.48. The first-order valence-electron chi connectivity index (χ1n) is 6.88. The molecule has 0 spiro atoms. The number of pyridine rings is 1. The molecular formula is C15H23N3S. The number of rotatable bonds is 3. The number of hydrogen-bond donors (Lipinski definition) is 2. The van der Waals surface area contributed by atoms with Gasteiger partial charge in [0.25, 0.3) is 0 Å². The smallest absolute Gasteiger partial charge is 0.136 e. The standard InChI is InChI=1S/C15H23N3S/c1-9(15(2,3)4)17-14-11(13(16)19)8-10-6-5-7-12(10)18-14/h8-9H,5-7H2,1-4H3,(H2,16,19)(H,17,18). The van der Waals surface area contributed by atoms with E-state index in [-0.39, 0.29) is 5.41 Å². The summed E-state index contributed by atoms with van der Waals surface area (Å²) in [6.45, 7) is 8.79. The predicted molar refractivity (Wildman–Crippen MR) is 84.7 cm³/mol. The number of nitrogens with two attached hydrogens (primary N) is 1. The molecule has 0 saturated heterocycles. The van der Waals surface area contributed by atoms with Crippen molar-refractivity contribution in [2.45, 2.75) is 53.0 Å². The molecule has 2 rings (SSSR count). The quantitative estimate of drug-likeness (QED) is 0.834. The highest BCUT2D eigenvalue weighted by atomic mass is 32.1. The van der Waals surface area contributed by atoms with Crippen molar-refractivity contribution in [3.8, 4) is 0 Å².